The van der Waals surface area contributed by atoms with Crippen LogP contribution in [-0.4, -0.2) is 32.7 Å². The lowest BCUT2D eigenvalue weighted by Crippen LogP contribution is -2.15. The summed E-state index contributed by atoms with van der Waals surface area (Å²) in [5, 5.41) is 7.39. The fourth-order valence-corrected chi connectivity index (χ4v) is 2.01. The van der Waals surface area contributed by atoms with Crippen molar-refractivity contribution < 1.29 is 4.74 Å². The monoisotopic (exact) mass is 284 g/mol. The Morgan fingerprint density at radius 3 is 3.05 bits per heavy atom. The van der Waals surface area contributed by atoms with Crippen molar-refractivity contribution in [1.29, 1.82) is 0 Å². The number of hydrogen-bond donors (Lipinski definition) is 2. The average Bonchev–Trinajstić information content (AvgIpc) is 2.93. The molecule has 0 aliphatic rings. The van der Waals surface area contributed by atoms with Gasteiger partial charge in [-0.3, -0.25) is 0 Å². The number of nitrogens with one attached hydrogen (secondary N) is 1. The number of nitrogen functional groups attached to an aromatic ring is 1. The number of anilines is 2. The average molecular weight is 284 g/mol. The maximum Gasteiger partial charge on any atom is 0.254 e. The van der Waals surface area contributed by atoms with Gasteiger partial charge in [0, 0.05) is 11.8 Å². The smallest absolute Gasteiger partial charge is 0.254 e. The van der Waals surface area contributed by atoms with E-state index in [4.69, 9.17) is 10.5 Å². The Balaban J connectivity index is 1.62. The summed E-state index contributed by atoms with van der Waals surface area (Å²) in [6, 6.07) is 9.35. The molecule has 21 heavy (non-hydrogen) atoms. The fourth-order valence-electron chi connectivity index (χ4n) is 2.01. The Morgan fingerprint density at radius 1 is 1.33 bits per heavy atom. The molecule has 0 bridgehead atoms. The zero-order valence-corrected chi connectivity index (χ0v) is 11.7. The van der Waals surface area contributed by atoms with Crippen LogP contribution in [0.3, 0.4) is 0 Å². The van der Waals surface area contributed by atoms with Crippen molar-refractivity contribution in [3.63, 3.8) is 0 Å². The van der Waals surface area contributed by atoms with Crippen LogP contribution in [0.2, 0.25) is 0 Å². The first kappa shape index (κ1) is 13.2. The molecule has 0 saturated carbocycles. The second-order valence-corrected chi connectivity index (χ2v) is 4.57. The molecule has 0 aliphatic heterocycles. The Morgan fingerprint density at radius 2 is 2.19 bits per heavy atom. The Kier molecular flexibility index (Phi) is 3.55. The highest BCUT2D eigenvalue weighted by Crippen LogP contribution is 2.19. The molecule has 0 atom stereocenters. The van der Waals surface area contributed by atoms with Crippen LogP contribution in [0.4, 0.5) is 11.5 Å². The molecular formula is C14H16N6O. The predicted octanol–water partition coefficient (Wildman–Crippen LogP) is 1.51. The molecule has 7 nitrogen and oxygen atoms in total. The number of nitrogens with two attached hydrogens (primary N) is 1. The van der Waals surface area contributed by atoms with Crippen LogP contribution in [0.1, 0.15) is 5.69 Å². The molecule has 0 spiro atoms. The number of fused-ring (bicyclic) bond motifs is 1. The topological polar surface area (TPSA) is 90.4 Å². The summed E-state index contributed by atoms with van der Waals surface area (Å²) >= 11 is 0. The summed E-state index contributed by atoms with van der Waals surface area (Å²) in [4.78, 5) is 8.37. The third-order valence-electron chi connectivity index (χ3n) is 2.96. The number of aromatic nitrogens is 4. The number of rotatable bonds is 5. The molecular weight excluding hydrogens is 268 g/mol. The van der Waals surface area contributed by atoms with Crippen molar-refractivity contribution in [2.45, 2.75) is 6.92 Å². The van der Waals surface area contributed by atoms with Crippen LogP contribution in [0.15, 0.2) is 36.7 Å². The first-order chi connectivity index (χ1) is 10.2. The minimum Gasteiger partial charge on any atom is -0.490 e. The van der Waals surface area contributed by atoms with Gasteiger partial charge in [0.15, 0.2) is 0 Å². The van der Waals surface area contributed by atoms with Gasteiger partial charge in [-0.05, 0) is 19.1 Å². The Hall–Kier alpha value is -2.83. The van der Waals surface area contributed by atoms with E-state index >= 15 is 0 Å². The molecule has 0 fully saturated rings. The van der Waals surface area contributed by atoms with Gasteiger partial charge < -0.3 is 15.8 Å². The van der Waals surface area contributed by atoms with Crippen molar-refractivity contribution in [3.8, 4) is 5.75 Å². The summed E-state index contributed by atoms with van der Waals surface area (Å²) in [6.07, 6.45) is 1.48. The molecule has 0 unspecified atom stereocenters. The quantitative estimate of drug-likeness (QED) is 0.545. The van der Waals surface area contributed by atoms with Gasteiger partial charge in [0.2, 0.25) is 0 Å². The molecule has 0 radical (unpaired) electrons. The van der Waals surface area contributed by atoms with Gasteiger partial charge in [-0.25, -0.2) is 4.98 Å². The lowest BCUT2D eigenvalue weighted by molar-refractivity contribution is 0.334. The number of hydrogen-bond acceptors (Lipinski definition) is 6. The minimum atomic E-state index is 0.492. The number of para-hydroxylation sites is 2. The molecule has 0 aliphatic carbocycles. The number of benzene rings is 1. The summed E-state index contributed by atoms with van der Waals surface area (Å²) in [6.45, 7) is 3.03. The molecule has 3 rings (SSSR count). The highest BCUT2D eigenvalue weighted by Gasteiger charge is 2.05. The van der Waals surface area contributed by atoms with Gasteiger partial charge in [-0.15, -0.1) is 0 Å². The zero-order chi connectivity index (χ0) is 14.7. The molecule has 2 heterocycles. The molecule has 1 aromatic carbocycles. The standard InChI is InChI=1S/C14H16N6O/c1-10-8-13(20-14(19-10)17-9-18-20)16-6-7-21-12-5-3-2-4-11(12)15/h2-5,8-9,16H,6-7,15H2,1H3. The van der Waals surface area contributed by atoms with Crippen LogP contribution in [-0.2, 0) is 0 Å². The van der Waals surface area contributed by atoms with Gasteiger partial charge >= 0.3 is 0 Å². The molecule has 0 saturated heterocycles. The third kappa shape index (κ3) is 2.86. The van der Waals surface area contributed by atoms with E-state index in [2.05, 4.69) is 20.4 Å². The van der Waals surface area contributed by atoms with Crippen LogP contribution in [0, 0.1) is 6.92 Å². The maximum atomic E-state index is 5.82. The number of aryl methyl sites for hydroxylation is 1. The summed E-state index contributed by atoms with van der Waals surface area (Å²) in [7, 11) is 0. The lowest BCUT2D eigenvalue weighted by Gasteiger charge is -2.11. The van der Waals surface area contributed by atoms with E-state index in [-0.39, 0.29) is 0 Å². The minimum absolute atomic E-state index is 0.492. The van der Waals surface area contributed by atoms with Crippen molar-refractivity contribution in [1.82, 2.24) is 19.6 Å². The van der Waals surface area contributed by atoms with E-state index in [9.17, 15) is 0 Å². The predicted molar refractivity (Wildman–Crippen MR) is 80.4 cm³/mol. The SMILES string of the molecule is Cc1cc(NCCOc2ccccc2N)n2ncnc2n1. The molecule has 3 aromatic rings. The van der Waals surface area contributed by atoms with Crippen LogP contribution in [0.25, 0.3) is 5.78 Å². The number of nitrogens with zero attached hydrogens (tertiary/aromatic N) is 4. The first-order valence-corrected chi connectivity index (χ1v) is 6.62. The van der Waals surface area contributed by atoms with Gasteiger partial charge in [0.25, 0.3) is 5.78 Å². The van der Waals surface area contributed by atoms with E-state index in [1.807, 2.05) is 37.3 Å². The molecule has 0 amide bonds. The van der Waals surface area contributed by atoms with Crippen molar-refractivity contribution in [2.24, 2.45) is 0 Å². The van der Waals surface area contributed by atoms with Gasteiger partial charge in [-0.1, -0.05) is 12.1 Å². The summed E-state index contributed by atoms with van der Waals surface area (Å²) in [5.41, 5.74) is 7.33. The van der Waals surface area contributed by atoms with Crippen molar-refractivity contribution in [2.75, 3.05) is 24.2 Å². The van der Waals surface area contributed by atoms with Crippen molar-refractivity contribution >= 4 is 17.3 Å². The van der Waals surface area contributed by atoms with E-state index in [0.29, 0.717) is 30.4 Å². The van der Waals surface area contributed by atoms with Gasteiger partial charge in [0.1, 0.15) is 24.5 Å². The molecule has 108 valence electrons. The van der Waals surface area contributed by atoms with E-state index in [0.717, 1.165) is 11.5 Å². The van der Waals surface area contributed by atoms with Crippen molar-refractivity contribution in [3.05, 3.63) is 42.4 Å². The second kappa shape index (κ2) is 5.66. The summed E-state index contributed by atoms with van der Waals surface area (Å²) < 4.78 is 7.29. The molecule has 3 N–H and O–H groups in total. The second-order valence-electron chi connectivity index (χ2n) is 4.57. The molecule has 2 aromatic heterocycles. The van der Waals surface area contributed by atoms with Gasteiger partial charge in [-0.2, -0.15) is 14.6 Å². The third-order valence-corrected chi connectivity index (χ3v) is 2.96. The van der Waals surface area contributed by atoms with E-state index < -0.39 is 0 Å². The fraction of sp³-hybridized carbons (Fsp3) is 0.214. The highest BCUT2D eigenvalue weighted by molar-refractivity contribution is 5.51. The Labute approximate surface area is 121 Å². The van der Waals surface area contributed by atoms with E-state index in [1.54, 1.807) is 4.52 Å². The lowest BCUT2D eigenvalue weighted by atomic mass is 10.3. The number of ether oxygens (including phenoxy) is 1. The largest absolute Gasteiger partial charge is 0.490 e. The zero-order valence-electron chi connectivity index (χ0n) is 11.7. The highest BCUT2D eigenvalue weighted by atomic mass is 16.5. The van der Waals surface area contributed by atoms with E-state index in [1.165, 1.54) is 6.33 Å². The van der Waals surface area contributed by atoms with Gasteiger partial charge in [0.05, 0.1) is 12.2 Å². The van der Waals surface area contributed by atoms with Crippen LogP contribution < -0.4 is 15.8 Å². The Bertz CT molecular complexity index is 754. The molecule has 7 heteroatoms. The maximum absolute atomic E-state index is 5.82. The summed E-state index contributed by atoms with van der Waals surface area (Å²) in [5.74, 6) is 2.10. The van der Waals surface area contributed by atoms with Crippen LogP contribution >= 0.6 is 0 Å². The first-order valence-electron chi connectivity index (χ1n) is 6.62. The van der Waals surface area contributed by atoms with Crippen LogP contribution in [0.5, 0.6) is 5.75 Å². The normalized spacial score (nSPS) is 10.7.